The van der Waals surface area contributed by atoms with Crippen molar-refractivity contribution in [3.63, 3.8) is 0 Å². The molecule has 0 aliphatic rings. The summed E-state index contributed by atoms with van der Waals surface area (Å²) in [7, 11) is 0. The van der Waals surface area contributed by atoms with Crippen LogP contribution in [0.25, 0.3) is 10.1 Å². The van der Waals surface area contributed by atoms with Gasteiger partial charge in [-0.15, -0.1) is 11.3 Å². The summed E-state index contributed by atoms with van der Waals surface area (Å²) < 4.78 is 3.91. The van der Waals surface area contributed by atoms with Gasteiger partial charge in [-0.1, -0.05) is 22.0 Å². The quantitative estimate of drug-likeness (QED) is 0.432. The van der Waals surface area contributed by atoms with E-state index in [-0.39, 0.29) is 0 Å². The summed E-state index contributed by atoms with van der Waals surface area (Å²) in [6.45, 7) is 0. The first-order valence-electron chi connectivity index (χ1n) is 3.65. The molecule has 0 saturated heterocycles. The third-order valence-electron chi connectivity index (χ3n) is 1.84. The Morgan fingerprint density at radius 2 is 2.15 bits per heavy atom. The van der Waals surface area contributed by atoms with Gasteiger partial charge in [-0.25, -0.2) is 0 Å². The van der Waals surface area contributed by atoms with E-state index in [0.29, 0.717) is 0 Å². The standard InChI is InChI=1S/C9H5Br2IS/c10-4-5-1-2-7(12)9-6(5)3-8(11)13-9/h1-3H,4H2. The summed E-state index contributed by atoms with van der Waals surface area (Å²) in [5, 5.41) is 2.28. The Labute approximate surface area is 111 Å². The Kier molecular flexibility index (Phi) is 3.33. The highest BCUT2D eigenvalue weighted by Gasteiger charge is 2.06. The van der Waals surface area contributed by atoms with Crippen LogP contribution in [0, 0.1) is 3.57 Å². The van der Waals surface area contributed by atoms with E-state index in [2.05, 4.69) is 72.6 Å². The van der Waals surface area contributed by atoms with Crippen molar-refractivity contribution in [1.82, 2.24) is 0 Å². The van der Waals surface area contributed by atoms with Crippen molar-refractivity contribution in [3.05, 3.63) is 31.1 Å². The normalized spacial score (nSPS) is 11.0. The fourth-order valence-electron chi connectivity index (χ4n) is 1.23. The van der Waals surface area contributed by atoms with Gasteiger partial charge in [-0.3, -0.25) is 0 Å². The summed E-state index contributed by atoms with van der Waals surface area (Å²) in [4.78, 5) is 0. The average Bonchev–Trinajstić information content (AvgIpc) is 2.48. The van der Waals surface area contributed by atoms with Crippen LogP contribution in [0.4, 0.5) is 0 Å². The second-order valence-corrected chi connectivity index (χ2v) is 6.79. The summed E-state index contributed by atoms with van der Waals surface area (Å²) in [5.41, 5.74) is 1.36. The lowest BCUT2D eigenvalue weighted by atomic mass is 10.2. The minimum Gasteiger partial charge on any atom is -0.127 e. The number of halogens is 3. The van der Waals surface area contributed by atoms with Gasteiger partial charge in [0.05, 0.1) is 3.79 Å². The number of alkyl halides is 1. The first kappa shape index (κ1) is 10.4. The molecule has 1 aromatic carbocycles. The molecule has 0 aliphatic carbocycles. The van der Waals surface area contributed by atoms with Crippen LogP contribution < -0.4 is 0 Å². The molecule has 0 N–H and O–H groups in total. The van der Waals surface area contributed by atoms with E-state index in [0.717, 1.165) is 5.33 Å². The van der Waals surface area contributed by atoms with E-state index in [4.69, 9.17) is 0 Å². The summed E-state index contributed by atoms with van der Waals surface area (Å²) in [6.07, 6.45) is 0. The Balaban J connectivity index is 2.83. The molecule has 13 heavy (non-hydrogen) atoms. The lowest BCUT2D eigenvalue weighted by Gasteiger charge is -1.99. The van der Waals surface area contributed by atoms with E-state index in [9.17, 15) is 0 Å². The van der Waals surface area contributed by atoms with Crippen molar-refractivity contribution in [3.8, 4) is 0 Å². The van der Waals surface area contributed by atoms with E-state index in [1.54, 1.807) is 11.3 Å². The van der Waals surface area contributed by atoms with Crippen LogP contribution in [0.15, 0.2) is 22.0 Å². The minimum absolute atomic E-state index is 0.920. The lowest BCUT2D eigenvalue weighted by Crippen LogP contribution is -1.79. The zero-order chi connectivity index (χ0) is 9.42. The van der Waals surface area contributed by atoms with Crippen LogP contribution in [0.1, 0.15) is 5.56 Å². The maximum absolute atomic E-state index is 3.52. The van der Waals surface area contributed by atoms with Crippen molar-refractivity contribution in [2.24, 2.45) is 0 Å². The van der Waals surface area contributed by atoms with Gasteiger partial charge in [0.25, 0.3) is 0 Å². The minimum atomic E-state index is 0.920. The fourth-order valence-corrected chi connectivity index (χ4v) is 4.07. The van der Waals surface area contributed by atoms with Gasteiger partial charge in [0.1, 0.15) is 0 Å². The smallest absolute Gasteiger partial charge is 0.0711 e. The van der Waals surface area contributed by atoms with Gasteiger partial charge in [0, 0.05) is 13.6 Å². The van der Waals surface area contributed by atoms with Crippen LogP contribution in [-0.4, -0.2) is 0 Å². The molecule has 0 fully saturated rings. The number of hydrogen-bond donors (Lipinski definition) is 0. The molecule has 1 aromatic heterocycles. The van der Waals surface area contributed by atoms with E-state index >= 15 is 0 Å². The molecule has 0 amide bonds. The molecule has 0 spiro atoms. The highest BCUT2D eigenvalue weighted by molar-refractivity contribution is 14.1. The Hall–Kier alpha value is 0.870. The molecule has 0 saturated carbocycles. The second-order valence-electron chi connectivity index (χ2n) is 2.63. The van der Waals surface area contributed by atoms with Gasteiger partial charge in [0.15, 0.2) is 0 Å². The molecule has 2 rings (SSSR count). The van der Waals surface area contributed by atoms with E-state index < -0.39 is 0 Å². The van der Waals surface area contributed by atoms with E-state index in [1.165, 1.54) is 23.0 Å². The SMILES string of the molecule is BrCc1ccc(I)c2sc(Br)cc12. The van der Waals surface area contributed by atoms with Crippen molar-refractivity contribution in [2.75, 3.05) is 0 Å². The largest absolute Gasteiger partial charge is 0.127 e. The third-order valence-corrected chi connectivity index (χ3v) is 5.38. The summed E-state index contributed by atoms with van der Waals surface area (Å²) >= 11 is 11.2. The molecular formula is C9H5Br2IS. The zero-order valence-corrected chi connectivity index (χ0v) is 12.6. The maximum atomic E-state index is 3.52. The molecule has 0 atom stereocenters. The topological polar surface area (TPSA) is 0 Å². The molecule has 0 unspecified atom stereocenters. The van der Waals surface area contributed by atoms with Crippen LogP contribution in [-0.2, 0) is 5.33 Å². The Morgan fingerprint density at radius 1 is 1.38 bits per heavy atom. The number of rotatable bonds is 1. The third kappa shape index (κ3) is 1.96. The number of fused-ring (bicyclic) bond motifs is 1. The average molecular weight is 432 g/mol. The monoisotopic (exact) mass is 430 g/mol. The highest BCUT2D eigenvalue weighted by Crippen LogP contribution is 2.35. The van der Waals surface area contributed by atoms with Gasteiger partial charge < -0.3 is 0 Å². The van der Waals surface area contributed by atoms with Crippen molar-refractivity contribution in [2.45, 2.75) is 5.33 Å². The fraction of sp³-hybridized carbons (Fsp3) is 0.111. The molecule has 0 nitrogen and oxygen atoms in total. The maximum Gasteiger partial charge on any atom is 0.0711 e. The molecule has 68 valence electrons. The van der Waals surface area contributed by atoms with E-state index in [1.807, 2.05) is 0 Å². The van der Waals surface area contributed by atoms with Gasteiger partial charge in [0.2, 0.25) is 0 Å². The second kappa shape index (κ2) is 4.16. The van der Waals surface area contributed by atoms with Crippen molar-refractivity contribution >= 4 is 75.9 Å². The van der Waals surface area contributed by atoms with Crippen LogP contribution in [0.2, 0.25) is 0 Å². The highest BCUT2D eigenvalue weighted by atomic mass is 127. The number of thiophene rings is 1. The first-order valence-corrected chi connectivity index (χ1v) is 7.45. The summed E-state index contributed by atoms with van der Waals surface area (Å²) in [5.74, 6) is 0. The van der Waals surface area contributed by atoms with Crippen molar-refractivity contribution in [1.29, 1.82) is 0 Å². The predicted octanol–water partition coefficient (Wildman–Crippen LogP) is 5.16. The zero-order valence-electron chi connectivity index (χ0n) is 6.48. The van der Waals surface area contributed by atoms with Gasteiger partial charge in [-0.05, 0) is 61.6 Å². The molecule has 0 aliphatic heterocycles. The Morgan fingerprint density at radius 3 is 2.85 bits per heavy atom. The number of benzene rings is 1. The molecule has 4 heteroatoms. The molecule has 1 heterocycles. The van der Waals surface area contributed by atoms with Crippen LogP contribution in [0.3, 0.4) is 0 Å². The Bertz CT molecular complexity index is 450. The summed E-state index contributed by atoms with van der Waals surface area (Å²) in [6, 6.07) is 6.54. The van der Waals surface area contributed by atoms with Crippen molar-refractivity contribution < 1.29 is 0 Å². The molecular weight excluding hydrogens is 427 g/mol. The lowest BCUT2D eigenvalue weighted by molar-refractivity contribution is 1.49. The first-order chi connectivity index (χ1) is 6.22. The van der Waals surface area contributed by atoms with Crippen LogP contribution >= 0.6 is 65.8 Å². The van der Waals surface area contributed by atoms with Crippen LogP contribution in [0.5, 0.6) is 0 Å². The molecule has 0 bridgehead atoms. The molecule has 2 aromatic rings. The van der Waals surface area contributed by atoms with Gasteiger partial charge >= 0.3 is 0 Å². The predicted molar refractivity (Wildman–Crippen MR) is 74.9 cm³/mol. The number of hydrogen-bond acceptors (Lipinski definition) is 1. The molecule has 0 radical (unpaired) electrons. The van der Waals surface area contributed by atoms with Gasteiger partial charge in [-0.2, -0.15) is 0 Å².